The normalized spacial score (nSPS) is 21.3. The second-order valence-corrected chi connectivity index (χ2v) is 16.2. The molecule has 1 aliphatic rings. The van der Waals surface area contributed by atoms with E-state index in [1.165, 1.54) is 25.7 Å². The fourth-order valence-corrected chi connectivity index (χ4v) is 6.76. The molecule has 1 heterocycles. The molecule has 0 saturated carbocycles. The summed E-state index contributed by atoms with van der Waals surface area (Å²) in [4.78, 5) is 12.9. The van der Waals surface area contributed by atoms with Gasteiger partial charge >= 0.3 is 0 Å². The van der Waals surface area contributed by atoms with Crippen molar-refractivity contribution in [2.45, 2.75) is 204 Å². The lowest BCUT2D eigenvalue weighted by Crippen LogP contribution is -2.60. The lowest BCUT2D eigenvalue weighted by atomic mass is 9.99. The first kappa shape index (κ1) is 56.9. The number of rotatable bonds is 38. The van der Waals surface area contributed by atoms with Crippen molar-refractivity contribution in [3.8, 4) is 0 Å². The van der Waals surface area contributed by atoms with Gasteiger partial charge in [0, 0.05) is 6.42 Å². The first-order chi connectivity index (χ1) is 30.3. The lowest BCUT2D eigenvalue weighted by molar-refractivity contribution is -0.302. The van der Waals surface area contributed by atoms with Crippen molar-refractivity contribution in [2.75, 3.05) is 13.2 Å². The minimum absolute atomic E-state index is 0.198. The number of amides is 1. The van der Waals surface area contributed by atoms with Gasteiger partial charge < -0.3 is 40.3 Å². The number of ether oxygens (including phenoxy) is 2. The summed E-state index contributed by atoms with van der Waals surface area (Å²) in [6, 6.07) is -0.813. The molecule has 0 radical (unpaired) electrons. The quantitative estimate of drug-likeness (QED) is 0.0265. The van der Waals surface area contributed by atoms with E-state index in [9.17, 15) is 30.3 Å². The Morgan fingerprint density at radius 1 is 0.565 bits per heavy atom. The molecule has 0 bridgehead atoms. The summed E-state index contributed by atoms with van der Waals surface area (Å²) >= 11 is 0. The van der Waals surface area contributed by atoms with Crippen LogP contribution in [0.3, 0.4) is 0 Å². The van der Waals surface area contributed by atoms with Crippen LogP contribution in [0.2, 0.25) is 0 Å². The van der Waals surface area contributed by atoms with Crippen molar-refractivity contribution in [3.05, 3.63) is 109 Å². The van der Waals surface area contributed by atoms with Crippen LogP contribution in [0.15, 0.2) is 109 Å². The molecule has 0 aromatic heterocycles. The highest BCUT2D eigenvalue weighted by Gasteiger charge is 2.44. The van der Waals surface area contributed by atoms with Gasteiger partial charge in [0.15, 0.2) is 6.29 Å². The van der Waals surface area contributed by atoms with E-state index in [2.05, 4.69) is 116 Å². The van der Waals surface area contributed by atoms with Crippen molar-refractivity contribution >= 4 is 5.91 Å². The predicted octanol–water partition coefficient (Wildman–Crippen LogP) is 10.7. The molecule has 0 aromatic carbocycles. The van der Waals surface area contributed by atoms with Crippen LogP contribution in [0.25, 0.3) is 0 Å². The Hall–Kier alpha value is -3.15. The van der Waals surface area contributed by atoms with Crippen LogP contribution in [-0.4, -0.2) is 87.5 Å². The molecule has 62 heavy (non-hydrogen) atoms. The van der Waals surface area contributed by atoms with E-state index in [-0.39, 0.29) is 12.5 Å². The third-order valence-electron chi connectivity index (χ3n) is 10.6. The average Bonchev–Trinajstić information content (AvgIpc) is 3.27. The van der Waals surface area contributed by atoms with Gasteiger partial charge in [0.05, 0.1) is 25.4 Å². The maximum atomic E-state index is 12.9. The summed E-state index contributed by atoms with van der Waals surface area (Å²) in [5.74, 6) is -0.198. The van der Waals surface area contributed by atoms with Crippen LogP contribution in [-0.2, 0) is 14.3 Å². The van der Waals surface area contributed by atoms with Crippen LogP contribution >= 0.6 is 0 Å². The molecule has 1 rings (SSSR count). The summed E-state index contributed by atoms with van der Waals surface area (Å²) in [5, 5.41) is 53.8. The van der Waals surface area contributed by atoms with E-state index in [0.29, 0.717) is 6.42 Å². The van der Waals surface area contributed by atoms with Gasteiger partial charge in [-0.2, -0.15) is 0 Å². The first-order valence-electron chi connectivity index (χ1n) is 24.1. The van der Waals surface area contributed by atoms with E-state index in [4.69, 9.17) is 9.47 Å². The van der Waals surface area contributed by atoms with Crippen LogP contribution in [0, 0.1) is 0 Å². The maximum Gasteiger partial charge on any atom is 0.220 e. The minimum atomic E-state index is -1.57. The Morgan fingerprint density at radius 3 is 1.48 bits per heavy atom. The zero-order valence-corrected chi connectivity index (χ0v) is 38.6. The van der Waals surface area contributed by atoms with E-state index in [0.717, 1.165) is 116 Å². The molecule has 7 unspecified atom stereocenters. The van der Waals surface area contributed by atoms with Crippen molar-refractivity contribution in [2.24, 2.45) is 0 Å². The second-order valence-electron chi connectivity index (χ2n) is 16.2. The van der Waals surface area contributed by atoms with E-state index < -0.39 is 49.5 Å². The number of allylic oxidation sites excluding steroid dienone is 17. The molecule has 0 spiro atoms. The lowest BCUT2D eigenvalue weighted by Gasteiger charge is -2.40. The highest BCUT2D eigenvalue weighted by Crippen LogP contribution is 2.22. The number of nitrogens with one attached hydrogen (secondary N) is 1. The number of hydrogen-bond donors (Lipinski definition) is 6. The Bertz CT molecular complexity index is 1330. The highest BCUT2D eigenvalue weighted by atomic mass is 16.7. The fourth-order valence-electron chi connectivity index (χ4n) is 6.76. The molecule has 0 aromatic rings. The average molecular weight is 866 g/mol. The van der Waals surface area contributed by atoms with Gasteiger partial charge in [0.2, 0.25) is 5.91 Å². The fraction of sp³-hybridized carbons (Fsp3) is 0.642. The summed E-state index contributed by atoms with van der Waals surface area (Å²) in [5.41, 5.74) is 0. The Balaban J connectivity index is 2.14. The topological polar surface area (TPSA) is 149 Å². The predicted molar refractivity (Wildman–Crippen MR) is 257 cm³/mol. The summed E-state index contributed by atoms with van der Waals surface area (Å²) in [6.07, 6.45) is 54.7. The third-order valence-corrected chi connectivity index (χ3v) is 10.6. The summed E-state index contributed by atoms with van der Waals surface area (Å²) in [7, 11) is 0. The number of aliphatic hydroxyl groups excluding tert-OH is 5. The van der Waals surface area contributed by atoms with Crippen LogP contribution < -0.4 is 5.32 Å². The van der Waals surface area contributed by atoms with Crippen LogP contribution in [0.4, 0.5) is 0 Å². The van der Waals surface area contributed by atoms with Gasteiger partial charge in [-0.05, 0) is 83.5 Å². The number of aliphatic hydroxyl groups is 5. The maximum absolute atomic E-state index is 12.9. The molecule has 9 heteroatoms. The summed E-state index contributed by atoms with van der Waals surface area (Å²) in [6.45, 7) is 3.54. The molecule has 1 saturated heterocycles. The Morgan fingerprint density at radius 2 is 1.00 bits per heavy atom. The van der Waals surface area contributed by atoms with Crippen LogP contribution in [0.5, 0.6) is 0 Å². The van der Waals surface area contributed by atoms with E-state index >= 15 is 0 Å². The third kappa shape index (κ3) is 31.7. The van der Waals surface area contributed by atoms with E-state index in [1.54, 1.807) is 6.08 Å². The second kappa shape index (κ2) is 41.8. The molecular formula is C53H87NO8. The molecular weight excluding hydrogens is 779 g/mol. The number of carbonyl (C=O) groups excluding carboxylic acids is 1. The van der Waals surface area contributed by atoms with Crippen molar-refractivity contribution in [1.29, 1.82) is 0 Å². The van der Waals surface area contributed by atoms with E-state index in [1.807, 2.05) is 6.08 Å². The Kier molecular flexibility index (Phi) is 38.4. The van der Waals surface area contributed by atoms with Gasteiger partial charge in [-0.15, -0.1) is 0 Å². The molecule has 9 nitrogen and oxygen atoms in total. The van der Waals surface area contributed by atoms with Gasteiger partial charge in [-0.1, -0.05) is 181 Å². The Labute approximate surface area is 376 Å². The zero-order chi connectivity index (χ0) is 45.1. The molecule has 1 amide bonds. The summed E-state index contributed by atoms with van der Waals surface area (Å²) < 4.78 is 11.1. The zero-order valence-electron chi connectivity index (χ0n) is 38.6. The van der Waals surface area contributed by atoms with Gasteiger partial charge in [-0.3, -0.25) is 4.79 Å². The number of unbranched alkanes of at least 4 members (excludes halogenated alkanes) is 12. The van der Waals surface area contributed by atoms with Gasteiger partial charge in [0.1, 0.15) is 24.4 Å². The van der Waals surface area contributed by atoms with Gasteiger partial charge in [0.25, 0.3) is 0 Å². The molecule has 1 aliphatic heterocycles. The van der Waals surface area contributed by atoms with Crippen molar-refractivity contribution in [1.82, 2.24) is 5.32 Å². The molecule has 7 atom stereocenters. The molecule has 1 fully saturated rings. The number of hydrogen-bond acceptors (Lipinski definition) is 8. The smallest absolute Gasteiger partial charge is 0.220 e. The van der Waals surface area contributed by atoms with Crippen molar-refractivity contribution < 1.29 is 39.8 Å². The van der Waals surface area contributed by atoms with Gasteiger partial charge in [-0.25, -0.2) is 0 Å². The largest absolute Gasteiger partial charge is 0.394 e. The van der Waals surface area contributed by atoms with Crippen LogP contribution in [0.1, 0.15) is 162 Å². The number of carbonyl (C=O) groups is 1. The monoisotopic (exact) mass is 866 g/mol. The minimum Gasteiger partial charge on any atom is -0.394 e. The SMILES string of the molecule is CC/C=C\C/C=C\C/C=C\C/C=C\C/C=C\C/C=C\C/C=C\C/C=C\CCCCCCCCCCC(=O)NC(COC1OC(CO)C(O)C(O)C1O)C(O)/C=C/CCCCCC. The first-order valence-corrected chi connectivity index (χ1v) is 24.1. The van der Waals surface area contributed by atoms with Crippen molar-refractivity contribution in [3.63, 3.8) is 0 Å². The molecule has 0 aliphatic carbocycles. The molecule has 6 N–H and O–H groups in total. The molecule has 352 valence electrons. The standard InChI is InChI=1S/C53H87NO8/c1-3-5-7-9-11-12-13-14-15-16-17-18-19-20-21-22-23-24-25-26-27-28-29-30-31-32-33-34-35-36-37-39-41-43-49(57)54-46(47(56)42-40-38-10-8-6-4-2)45-61-53-52(60)51(59)50(58)48(44-55)62-53/h5,7,11-12,14-15,17-18,20-21,23-24,26-27,29-30,40,42,46-48,50-53,55-56,58-60H,3-4,6,8-10,13,16,19,22,25,28,31-39,41,43-45H2,1-2H3,(H,54,57)/b7-5-,12-11-,15-14-,18-17-,21-20-,24-23-,27-26-,30-29-,42-40+. The highest BCUT2D eigenvalue weighted by molar-refractivity contribution is 5.76.